The quantitative estimate of drug-likeness (QED) is 0.563. The van der Waals surface area contributed by atoms with Crippen LogP contribution in [0.3, 0.4) is 0 Å². The van der Waals surface area contributed by atoms with E-state index in [1.165, 1.54) is 6.20 Å². The monoisotopic (exact) mass is 267 g/mol. The molecule has 1 rings (SSSR count). The molecule has 18 heavy (non-hydrogen) atoms. The third-order valence-corrected chi connectivity index (χ3v) is 2.19. The zero-order valence-corrected chi connectivity index (χ0v) is 9.94. The maximum Gasteiger partial charge on any atom is 0.411 e. The highest BCUT2D eigenvalue weighted by Gasteiger charge is 2.28. The lowest BCUT2D eigenvalue weighted by molar-refractivity contribution is -0.175. The molecule has 0 aliphatic carbocycles. The molecular weight excluding hydrogens is 251 g/mol. The Kier molecular flexibility index (Phi) is 5.51. The summed E-state index contributed by atoms with van der Waals surface area (Å²) in [6.45, 7) is 1.07. The number of alkyl halides is 3. The van der Waals surface area contributed by atoms with Crippen molar-refractivity contribution < 1.29 is 17.9 Å². The first-order chi connectivity index (χ1) is 8.48. The zero-order valence-electron chi connectivity index (χ0n) is 9.94. The van der Waals surface area contributed by atoms with Gasteiger partial charge < -0.3 is 4.74 Å². The van der Waals surface area contributed by atoms with Gasteiger partial charge in [-0.1, -0.05) is 12.1 Å². The first-order valence-corrected chi connectivity index (χ1v) is 5.47. The van der Waals surface area contributed by atoms with Gasteiger partial charge in [0.15, 0.2) is 0 Å². The van der Waals surface area contributed by atoms with Gasteiger partial charge in [-0.15, -0.1) is 5.10 Å². The number of nitrogens with two attached hydrogens (primary N) is 1. The maximum atomic E-state index is 11.9. The standard InChI is InChI=1S/C9H16F3N5O/c1-2-3-17-8(4-14-16-17)7(15-13)5-18-6-9(10,11)12/h4,7,15H,2-3,5-6,13H2,1H3. The Balaban J connectivity index is 2.57. The van der Waals surface area contributed by atoms with Gasteiger partial charge in [0.2, 0.25) is 0 Å². The van der Waals surface area contributed by atoms with Gasteiger partial charge in [0.25, 0.3) is 0 Å². The molecule has 0 spiro atoms. The van der Waals surface area contributed by atoms with Crippen LogP contribution >= 0.6 is 0 Å². The number of hydrogen-bond acceptors (Lipinski definition) is 5. The van der Waals surface area contributed by atoms with E-state index >= 15 is 0 Å². The van der Waals surface area contributed by atoms with Gasteiger partial charge in [0, 0.05) is 6.54 Å². The van der Waals surface area contributed by atoms with E-state index in [2.05, 4.69) is 20.5 Å². The van der Waals surface area contributed by atoms with E-state index in [0.29, 0.717) is 12.2 Å². The number of rotatable bonds is 7. The molecule has 0 saturated carbocycles. The minimum absolute atomic E-state index is 0.201. The van der Waals surface area contributed by atoms with Crippen molar-refractivity contribution in [3.8, 4) is 0 Å². The second-order valence-electron chi connectivity index (χ2n) is 3.73. The summed E-state index contributed by atoms with van der Waals surface area (Å²) in [6, 6.07) is -0.575. The number of halogens is 3. The topological polar surface area (TPSA) is 78.0 Å². The Morgan fingerprint density at radius 1 is 1.56 bits per heavy atom. The molecule has 9 heteroatoms. The molecule has 0 aliphatic rings. The number of hydrogen-bond donors (Lipinski definition) is 2. The summed E-state index contributed by atoms with van der Waals surface area (Å²) in [4.78, 5) is 0. The van der Waals surface area contributed by atoms with Crippen LogP contribution in [0.4, 0.5) is 13.2 Å². The minimum Gasteiger partial charge on any atom is -0.370 e. The lowest BCUT2D eigenvalue weighted by Crippen LogP contribution is -2.34. The average Bonchev–Trinajstić information content (AvgIpc) is 2.72. The van der Waals surface area contributed by atoms with Gasteiger partial charge in [-0.2, -0.15) is 13.2 Å². The molecule has 0 radical (unpaired) electrons. The first-order valence-electron chi connectivity index (χ1n) is 5.47. The fourth-order valence-corrected chi connectivity index (χ4v) is 1.43. The van der Waals surface area contributed by atoms with Crippen molar-refractivity contribution in [2.45, 2.75) is 32.1 Å². The van der Waals surface area contributed by atoms with Crippen LogP contribution < -0.4 is 11.3 Å². The van der Waals surface area contributed by atoms with E-state index in [-0.39, 0.29) is 6.61 Å². The summed E-state index contributed by atoms with van der Waals surface area (Å²) in [7, 11) is 0. The van der Waals surface area contributed by atoms with E-state index in [4.69, 9.17) is 5.84 Å². The highest BCUT2D eigenvalue weighted by Crippen LogP contribution is 2.17. The van der Waals surface area contributed by atoms with Gasteiger partial charge in [-0.05, 0) is 6.42 Å². The van der Waals surface area contributed by atoms with Crippen LogP contribution in [-0.4, -0.2) is 34.4 Å². The van der Waals surface area contributed by atoms with E-state index < -0.39 is 18.8 Å². The molecule has 6 nitrogen and oxygen atoms in total. The molecule has 1 aromatic heterocycles. The van der Waals surface area contributed by atoms with Crippen molar-refractivity contribution >= 4 is 0 Å². The van der Waals surface area contributed by atoms with Crippen molar-refractivity contribution in [3.63, 3.8) is 0 Å². The molecule has 0 aliphatic heterocycles. The smallest absolute Gasteiger partial charge is 0.370 e. The van der Waals surface area contributed by atoms with E-state index in [9.17, 15) is 13.2 Å². The molecule has 0 saturated heterocycles. The molecule has 1 unspecified atom stereocenters. The fraction of sp³-hybridized carbons (Fsp3) is 0.778. The summed E-state index contributed by atoms with van der Waals surface area (Å²) in [5.41, 5.74) is 2.99. The largest absolute Gasteiger partial charge is 0.411 e. The molecule has 104 valence electrons. The molecule has 0 bridgehead atoms. The predicted octanol–water partition coefficient (Wildman–Crippen LogP) is 0.771. The molecule has 1 heterocycles. The second-order valence-corrected chi connectivity index (χ2v) is 3.73. The van der Waals surface area contributed by atoms with Crippen molar-refractivity contribution in [1.29, 1.82) is 0 Å². The van der Waals surface area contributed by atoms with Crippen molar-refractivity contribution in [3.05, 3.63) is 11.9 Å². The number of aromatic nitrogens is 3. The summed E-state index contributed by atoms with van der Waals surface area (Å²) in [5, 5.41) is 7.53. The van der Waals surface area contributed by atoms with Gasteiger partial charge >= 0.3 is 6.18 Å². The number of aryl methyl sites for hydroxylation is 1. The Bertz CT molecular complexity index is 354. The molecule has 0 fully saturated rings. The zero-order chi connectivity index (χ0) is 13.6. The van der Waals surface area contributed by atoms with Crippen LogP contribution in [0, 0.1) is 0 Å². The lowest BCUT2D eigenvalue weighted by atomic mass is 10.2. The Hall–Kier alpha value is -1.19. The molecule has 1 aromatic rings. The first kappa shape index (κ1) is 14.9. The molecule has 3 N–H and O–H groups in total. The fourth-order valence-electron chi connectivity index (χ4n) is 1.43. The number of ether oxygens (including phenoxy) is 1. The van der Waals surface area contributed by atoms with Gasteiger partial charge in [-0.25, -0.2) is 10.1 Å². The average molecular weight is 267 g/mol. The Morgan fingerprint density at radius 3 is 2.83 bits per heavy atom. The maximum absolute atomic E-state index is 11.9. The molecular formula is C9H16F3N5O. The van der Waals surface area contributed by atoms with Crippen LogP contribution in [0.2, 0.25) is 0 Å². The van der Waals surface area contributed by atoms with Crippen molar-refractivity contribution in [1.82, 2.24) is 20.4 Å². The molecule has 1 atom stereocenters. The van der Waals surface area contributed by atoms with Crippen LogP contribution in [0.25, 0.3) is 0 Å². The second kappa shape index (κ2) is 6.66. The van der Waals surface area contributed by atoms with E-state index in [1.807, 2.05) is 6.92 Å². The summed E-state index contributed by atoms with van der Waals surface area (Å²) in [6.07, 6.45) is -2.06. The Morgan fingerprint density at radius 2 is 2.28 bits per heavy atom. The van der Waals surface area contributed by atoms with Crippen LogP contribution in [-0.2, 0) is 11.3 Å². The number of hydrazine groups is 1. The van der Waals surface area contributed by atoms with E-state index in [0.717, 1.165) is 6.42 Å². The van der Waals surface area contributed by atoms with Crippen molar-refractivity contribution in [2.24, 2.45) is 5.84 Å². The third-order valence-electron chi connectivity index (χ3n) is 2.19. The SMILES string of the molecule is CCCn1nncc1C(COCC(F)(F)F)NN. The molecule has 0 aromatic carbocycles. The third kappa shape index (κ3) is 4.59. The highest BCUT2D eigenvalue weighted by atomic mass is 19.4. The van der Waals surface area contributed by atoms with Crippen LogP contribution in [0.5, 0.6) is 0 Å². The van der Waals surface area contributed by atoms with Crippen LogP contribution in [0.15, 0.2) is 6.20 Å². The molecule has 0 amide bonds. The van der Waals surface area contributed by atoms with Crippen molar-refractivity contribution in [2.75, 3.05) is 13.2 Å². The van der Waals surface area contributed by atoms with Gasteiger partial charge in [0.05, 0.1) is 24.5 Å². The number of nitrogens with zero attached hydrogens (tertiary/aromatic N) is 3. The van der Waals surface area contributed by atoms with E-state index in [1.54, 1.807) is 4.68 Å². The van der Waals surface area contributed by atoms with Gasteiger partial charge in [-0.3, -0.25) is 5.84 Å². The van der Waals surface area contributed by atoms with Gasteiger partial charge in [0.1, 0.15) is 6.61 Å². The predicted molar refractivity (Wildman–Crippen MR) is 57.3 cm³/mol. The summed E-state index contributed by atoms with van der Waals surface area (Å²) >= 11 is 0. The minimum atomic E-state index is -4.35. The summed E-state index contributed by atoms with van der Waals surface area (Å²) in [5.74, 6) is 5.30. The number of nitrogens with one attached hydrogen (secondary N) is 1. The highest BCUT2D eigenvalue weighted by molar-refractivity contribution is 5.01. The lowest BCUT2D eigenvalue weighted by Gasteiger charge is -2.17. The Labute approximate surface area is 102 Å². The summed E-state index contributed by atoms with van der Waals surface area (Å²) < 4.78 is 42.0. The normalized spacial score (nSPS) is 13.8. The van der Waals surface area contributed by atoms with Crippen LogP contribution in [0.1, 0.15) is 25.1 Å².